The van der Waals surface area contributed by atoms with Crippen LogP contribution in [0.15, 0.2) is 66.7 Å². The molecular formula is C42H56N6O7. The molecular weight excluding hydrogens is 700 g/mol. The second kappa shape index (κ2) is 22.3. The van der Waals surface area contributed by atoms with Crippen molar-refractivity contribution in [1.82, 2.24) is 21.3 Å². The van der Waals surface area contributed by atoms with Crippen molar-refractivity contribution >= 4 is 41.1 Å². The van der Waals surface area contributed by atoms with E-state index in [1.165, 1.54) is 0 Å². The lowest BCUT2D eigenvalue weighted by Crippen LogP contribution is -2.55. The Balaban J connectivity index is 1.61. The zero-order valence-corrected chi connectivity index (χ0v) is 31.6. The second-order valence-electron chi connectivity index (χ2n) is 14.7. The molecule has 2 aromatic carbocycles. The van der Waals surface area contributed by atoms with Crippen LogP contribution in [-0.4, -0.2) is 72.3 Å². The molecule has 0 bridgehead atoms. The van der Waals surface area contributed by atoms with Crippen molar-refractivity contribution in [3.05, 3.63) is 83.4 Å². The van der Waals surface area contributed by atoms with E-state index >= 15 is 0 Å². The predicted molar refractivity (Wildman–Crippen MR) is 208 cm³/mol. The van der Waals surface area contributed by atoms with Crippen molar-refractivity contribution in [2.24, 2.45) is 23.3 Å². The van der Waals surface area contributed by atoms with Crippen LogP contribution in [0.4, 0.5) is 0 Å². The van der Waals surface area contributed by atoms with Crippen LogP contribution >= 0.6 is 0 Å². The Bertz CT molecular complexity index is 1660. The Morgan fingerprint density at radius 1 is 0.691 bits per heavy atom. The smallest absolute Gasteiger partial charge is 0.244 e. The molecule has 1 saturated carbocycles. The molecule has 0 radical (unpaired) electrons. The first-order valence-corrected chi connectivity index (χ1v) is 19.6. The van der Waals surface area contributed by atoms with E-state index in [4.69, 9.17) is 11.5 Å². The normalized spacial score (nSPS) is 23.4. The maximum atomic E-state index is 14.2. The van der Waals surface area contributed by atoms with Crippen molar-refractivity contribution in [2.45, 2.75) is 108 Å². The van der Waals surface area contributed by atoms with Crippen LogP contribution in [-0.2, 0) is 35.2 Å². The Hall–Kier alpha value is -5.17. The standard InChI is InChI=1S/C42H56N6O7/c43-23-9-7-15-32-27-33(49)21-22-37(50)46-34(39(44)52)16-8-10-24-45-41(54)35(48-42(55)36(47-40(32)53)25-28-11-3-1-4-12-28)26-29-17-19-31(20-18-29)38(51)30-13-5-2-6-14-30/h2,5-6,13-14,17-22,28,32,34-36H,1,3-4,7-12,15-16,23-27,43H2,(H2,44,52)(H,45,54)(H,46,50)(H,47,53)(H,48,55)/b22-21+/t32-,34-,35+,36+/m0/s1. The molecule has 0 spiro atoms. The highest BCUT2D eigenvalue weighted by atomic mass is 16.2. The van der Waals surface area contributed by atoms with Crippen molar-refractivity contribution in [1.29, 1.82) is 0 Å². The first-order chi connectivity index (χ1) is 26.5. The SMILES string of the molecule is NCCCC[C@H]1CC(=O)/C=C/C(=O)N[C@H](C(N)=O)CCCCNC(=O)[C@@H](Cc2ccc(C(=O)c3ccccc3)cc2)NC(=O)[C@@H](CC2CCCCC2)NC1=O. The van der Waals surface area contributed by atoms with Crippen LogP contribution < -0.4 is 32.7 Å². The van der Waals surface area contributed by atoms with Gasteiger partial charge in [0.2, 0.25) is 29.5 Å². The van der Waals surface area contributed by atoms with Crippen LogP contribution in [0.3, 0.4) is 0 Å². The molecule has 1 fully saturated rings. The third kappa shape index (κ3) is 14.2. The third-order valence-corrected chi connectivity index (χ3v) is 10.4. The number of ketones is 2. The van der Waals surface area contributed by atoms with Gasteiger partial charge in [0.1, 0.15) is 18.1 Å². The Morgan fingerprint density at radius 3 is 2.05 bits per heavy atom. The highest BCUT2D eigenvalue weighted by Crippen LogP contribution is 2.28. The van der Waals surface area contributed by atoms with Crippen LogP contribution in [0.5, 0.6) is 0 Å². The molecule has 296 valence electrons. The summed E-state index contributed by atoms with van der Waals surface area (Å²) in [7, 11) is 0. The maximum Gasteiger partial charge on any atom is 0.244 e. The number of benzene rings is 2. The number of nitrogens with two attached hydrogens (primary N) is 2. The number of carbonyl (C=O) groups is 7. The fraction of sp³-hybridized carbons (Fsp3) is 0.500. The summed E-state index contributed by atoms with van der Waals surface area (Å²) >= 11 is 0. The summed E-state index contributed by atoms with van der Waals surface area (Å²) in [6.07, 6.45) is 10.0. The predicted octanol–water partition coefficient (Wildman–Crippen LogP) is 2.93. The lowest BCUT2D eigenvalue weighted by atomic mass is 9.84. The monoisotopic (exact) mass is 756 g/mol. The van der Waals surface area contributed by atoms with E-state index in [-0.39, 0.29) is 37.5 Å². The fourth-order valence-corrected chi connectivity index (χ4v) is 7.20. The fourth-order valence-electron chi connectivity index (χ4n) is 7.20. The first-order valence-electron chi connectivity index (χ1n) is 19.6. The van der Waals surface area contributed by atoms with Gasteiger partial charge in [-0.1, -0.05) is 93.1 Å². The Morgan fingerprint density at radius 2 is 1.36 bits per heavy atom. The molecule has 0 aromatic heterocycles. The minimum Gasteiger partial charge on any atom is -0.368 e. The summed E-state index contributed by atoms with van der Waals surface area (Å²) in [6.45, 7) is 0.627. The Kier molecular flexibility index (Phi) is 17.2. The number of carbonyl (C=O) groups excluding carboxylic acids is 7. The van der Waals surface area contributed by atoms with E-state index in [1.807, 2.05) is 6.07 Å². The molecule has 0 saturated heterocycles. The van der Waals surface area contributed by atoms with Crippen molar-refractivity contribution < 1.29 is 33.6 Å². The van der Waals surface area contributed by atoms with Gasteiger partial charge in [0.25, 0.3) is 0 Å². The molecule has 4 rings (SSSR count). The van der Waals surface area contributed by atoms with Gasteiger partial charge in [0, 0.05) is 42.5 Å². The van der Waals surface area contributed by atoms with Gasteiger partial charge in [-0.3, -0.25) is 33.6 Å². The number of amides is 5. The number of rotatable bonds is 11. The molecule has 1 aliphatic heterocycles. The number of allylic oxidation sites excluding steroid dienone is 1. The summed E-state index contributed by atoms with van der Waals surface area (Å²) in [5.74, 6) is -4.03. The van der Waals surface area contributed by atoms with Gasteiger partial charge >= 0.3 is 0 Å². The zero-order valence-electron chi connectivity index (χ0n) is 31.6. The van der Waals surface area contributed by atoms with Crippen molar-refractivity contribution in [3.63, 3.8) is 0 Å². The lowest BCUT2D eigenvalue weighted by molar-refractivity contribution is -0.134. The van der Waals surface area contributed by atoms with Crippen molar-refractivity contribution in [3.8, 4) is 0 Å². The van der Waals surface area contributed by atoms with Gasteiger partial charge in [0.15, 0.2) is 11.6 Å². The molecule has 1 aliphatic carbocycles. The van der Waals surface area contributed by atoms with Crippen LogP contribution in [0.25, 0.3) is 0 Å². The van der Waals surface area contributed by atoms with Gasteiger partial charge < -0.3 is 32.7 Å². The van der Waals surface area contributed by atoms with Gasteiger partial charge in [-0.2, -0.15) is 0 Å². The maximum absolute atomic E-state index is 14.2. The summed E-state index contributed by atoms with van der Waals surface area (Å²) in [5.41, 5.74) is 13.0. The van der Waals surface area contributed by atoms with E-state index in [0.29, 0.717) is 61.8 Å². The molecule has 0 unspecified atom stereocenters. The zero-order chi connectivity index (χ0) is 39.6. The molecule has 2 aliphatic rings. The average molecular weight is 757 g/mol. The topological polar surface area (TPSA) is 220 Å². The highest BCUT2D eigenvalue weighted by molar-refractivity contribution is 6.09. The van der Waals surface area contributed by atoms with E-state index in [0.717, 1.165) is 44.3 Å². The molecule has 8 N–H and O–H groups in total. The van der Waals surface area contributed by atoms with E-state index in [1.54, 1.807) is 48.5 Å². The lowest BCUT2D eigenvalue weighted by Gasteiger charge is -2.29. The number of hydrogen-bond donors (Lipinski definition) is 6. The molecule has 5 amide bonds. The number of primary amides is 1. The largest absolute Gasteiger partial charge is 0.368 e. The highest BCUT2D eigenvalue weighted by Gasteiger charge is 2.32. The minimum atomic E-state index is -1.02. The summed E-state index contributed by atoms with van der Waals surface area (Å²) in [4.78, 5) is 92.6. The number of nitrogens with one attached hydrogen (secondary N) is 4. The van der Waals surface area contributed by atoms with Gasteiger partial charge in [-0.05, 0) is 62.6 Å². The van der Waals surface area contributed by atoms with Gasteiger partial charge in [-0.15, -0.1) is 0 Å². The number of unbranched alkanes of at least 4 members (excludes halogenated alkanes) is 1. The summed E-state index contributed by atoms with van der Waals surface area (Å²) in [5, 5.41) is 11.3. The molecule has 2 aromatic rings. The number of hydrogen-bond acceptors (Lipinski definition) is 8. The summed E-state index contributed by atoms with van der Waals surface area (Å²) in [6, 6.07) is 12.8. The van der Waals surface area contributed by atoms with Crippen molar-refractivity contribution in [2.75, 3.05) is 13.1 Å². The Labute approximate surface area is 323 Å². The van der Waals surface area contributed by atoms with Crippen LogP contribution in [0, 0.1) is 11.8 Å². The van der Waals surface area contributed by atoms with E-state index < -0.39 is 59.4 Å². The quantitative estimate of drug-likeness (QED) is 0.148. The molecule has 1 heterocycles. The second-order valence-corrected chi connectivity index (χ2v) is 14.7. The molecule has 4 atom stereocenters. The van der Waals surface area contributed by atoms with Crippen LogP contribution in [0.1, 0.15) is 105 Å². The average Bonchev–Trinajstić information content (AvgIpc) is 3.18. The summed E-state index contributed by atoms with van der Waals surface area (Å²) < 4.78 is 0. The van der Waals surface area contributed by atoms with Crippen LogP contribution in [0.2, 0.25) is 0 Å². The first kappa shape index (κ1) is 42.6. The van der Waals surface area contributed by atoms with E-state index in [2.05, 4.69) is 21.3 Å². The van der Waals surface area contributed by atoms with Gasteiger partial charge in [0.05, 0.1) is 0 Å². The van der Waals surface area contributed by atoms with E-state index in [9.17, 15) is 33.6 Å². The molecule has 55 heavy (non-hydrogen) atoms. The molecule has 13 heteroatoms. The molecule has 13 nitrogen and oxygen atoms in total. The minimum absolute atomic E-state index is 0.111. The third-order valence-electron chi connectivity index (χ3n) is 10.4. The van der Waals surface area contributed by atoms with Gasteiger partial charge in [-0.25, -0.2) is 0 Å².